The molecule has 3 aromatic carbocycles. The molecule has 2 amide bonds. The summed E-state index contributed by atoms with van der Waals surface area (Å²) in [5.74, 6) is -2.54. The molecule has 1 saturated carbocycles. The third-order valence-electron chi connectivity index (χ3n) is 7.25. The zero-order chi connectivity index (χ0) is 26.8. The SMILES string of the molecule is O=C(COC(=O)c1cccc(N2C(=O)[C@@H]3CC[C@@H](c4ccccc4)C[C@H]3C2=O)c1)c1cccc([N+](=O)[O-])c1. The van der Waals surface area contributed by atoms with Gasteiger partial charge in [-0.1, -0.05) is 48.5 Å². The molecule has 0 radical (unpaired) electrons. The number of hydrogen-bond donors (Lipinski definition) is 0. The van der Waals surface area contributed by atoms with Crippen LogP contribution in [-0.4, -0.2) is 35.1 Å². The summed E-state index contributed by atoms with van der Waals surface area (Å²) in [5, 5.41) is 10.9. The van der Waals surface area contributed by atoms with Gasteiger partial charge in [-0.15, -0.1) is 0 Å². The number of ketones is 1. The molecule has 0 aromatic heterocycles. The number of non-ortho nitro benzene ring substituents is 1. The monoisotopic (exact) mass is 512 g/mol. The van der Waals surface area contributed by atoms with E-state index in [0.29, 0.717) is 12.8 Å². The number of nitro benzene ring substituents is 1. The fourth-order valence-corrected chi connectivity index (χ4v) is 5.32. The number of imide groups is 1. The molecule has 0 spiro atoms. The maximum Gasteiger partial charge on any atom is 0.338 e. The van der Waals surface area contributed by atoms with Gasteiger partial charge < -0.3 is 4.74 Å². The van der Waals surface area contributed by atoms with E-state index in [1.165, 1.54) is 30.3 Å². The van der Waals surface area contributed by atoms with Crippen molar-refractivity contribution in [3.05, 3.63) is 106 Å². The number of Topliss-reactive ketones (excluding diaryl/α,β-unsaturated/α-hetero) is 1. The first-order chi connectivity index (χ1) is 18.3. The average Bonchev–Trinajstić information content (AvgIpc) is 3.20. The Morgan fingerprint density at radius 2 is 1.58 bits per heavy atom. The number of anilines is 1. The van der Waals surface area contributed by atoms with Crippen LogP contribution in [0.4, 0.5) is 11.4 Å². The van der Waals surface area contributed by atoms with Gasteiger partial charge >= 0.3 is 5.97 Å². The van der Waals surface area contributed by atoms with Crippen molar-refractivity contribution < 1.29 is 28.8 Å². The lowest BCUT2D eigenvalue weighted by molar-refractivity contribution is -0.384. The van der Waals surface area contributed by atoms with E-state index in [4.69, 9.17) is 4.74 Å². The highest BCUT2D eigenvalue weighted by atomic mass is 16.6. The Bertz CT molecular complexity index is 1440. The summed E-state index contributed by atoms with van der Waals surface area (Å²) in [4.78, 5) is 63.1. The molecule has 0 unspecified atom stereocenters. The minimum atomic E-state index is -0.814. The van der Waals surface area contributed by atoms with E-state index < -0.39 is 29.2 Å². The summed E-state index contributed by atoms with van der Waals surface area (Å²) in [5.41, 5.74) is 1.32. The number of rotatable bonds is 7. The lowest BCUT2D eigenvalue weighted by atomic mass is 9.73. The van der Waals surface area contributed by atoms with Crippen molar-refractivity contribution in [1.82, 2.24) is 0 Å². The van der Waals surface area contributed by atoms with E-state index in [2.05, 4.69) is 0 Å². The minimum Gasteiger partial charge on any atom is -0.454 e. The zero-order valence-corrected chi connectivity index (χ0v) is 20.3. The number of nitro groups is 1. The molecule has 3 atom stereocenters. The molecule has 1 aliphatic heterocycles. The second-order valence-corrected chi connectivity index (χ2v) is 9.50. The number of esters is 1. The maximum absolute atomic E-state index is 13.4. The number of fused-ring (bicyclic) bond motifs is 1. The van der Waals surface area contributed by atoms with E-state index in [9.17, 15) is 29.3 Å². The molecule has 9 nitrogen and oxygen atoms in total. The van der Waals surface area contributed by atoms with Crippen LogP contribution in [0.5, 0.6) is 0 Å². The molecule has 1 saturated heterocycles. The smallest absolute Gasteiger partial charge is 0.338 e. The number of hydrogen-bond acceptors (Lipinski definition) is 7. The lowest BCUT2D eigenvalue weighted by Gasteiger charge is -2.28. The molecule has 0 bridgehead atoms. The fourth-order valence-electron chi connectivity index (χ4n) is 5.32. The van der Waals surface area contributed by atoms with Gasteiger partial charge in [-0.25, -0.2) is 4.79 Å². The molecule has 9 heteroatoms. The van der Waals surface area contributed by atoms with E-state index in [0.717, 1.165) is 23.0 Å². The summed E-state index contributed by atoms with van der Waals surface area (Å²) in [7, 11) is 0. The summed E-state index contributed by atoms with van der Waals surface area (Å²) in [6.45, 7) is -0.614. The van der Waals surface area contributed by atoms with Gasteiger partial charge in [-0.05, 0) is 48.9 Å². The van der Waals surface area contributed by atoms with Crippen molar-refractivity contribution in [3.63, 3.8) is 0 Å². The minimum absolute atomic E-state index is 0.0467. The van der Waals surface area contributed by atoms with Crippen LogP contribution >= 0.6 is 0 Å². The van der Waals surface area contributed by atoms with Crippen molar-refractivity contribution in [2.75, 3.05) is 11.5 Å². The molecular weight excluding hydrogens is 488 g/mol. The first-order valence-corrected chi connectivity index (χ1v) is 12.3. The third-order valence-corrected chi connectivity index (χ3v) is 7.25. The number of amides is 2. The largest absolute Gasteiger partial charge is 0.454 e. The predicted octanol–water partition coefficient (Wildman–Crippen LogP) is 4.71. The normalized spacial score (nSPS) is 20.6. The van der Waals surface area contributed by atoms with E-state index >= 15 is 0 Å². The highest BCUT2D eigenvalue weighted by molar-refractivity contribution is 6.22. The first-order valence-electron chi connectivity index (χ1n) is 12.3. The van der Waals surface area contributed by atoms with Crippen molar-refractivity contribution in [2.45, 2.75) is 25.2 Å². The van der Waals surface area contributed by atoms with Crippen molar-refractivity contribution in [2.24, 2.45) is 11.8 Å². The molecule has 1 aliphatic carbocycles. The second kappa shape index (κ2) is 10.4. The summed E-state index contributed by atoms with van der Waals surface area (Å²) < 4.78 is 5.13. The van der Waals surface area contributed by atoms with Crippen LogP contribution in [0.25, 0.3) is 0 Å². The van der Waals surface area contributed by atoms with Crippen molar-refractivity contribution in [3.8, 4) is 0 Å². The van der Waals surface area contributed by atoms with Crippen LogP contribution in [0.3, 0.4) is 0 Å². The summed E-state index contributed by atoms with van der Waals surface area (Å²) in [6.07, 6.45) is 2.03. The van der Waals surface area contributed by atoms with E-state index in [1.807, 2.05) is 30.3 Å². The van der Waals surface area contributed by atoms with E-state index in [1.54, 1.807) is 12.1 Å². The van der Waals surface area contributed by atoms with Gasteiger partial charge in [0.25, 0.3) is 5.69 Å². The topological polar surface area (TPSA) is 124 Å². The molecule has 2 aliphatic rings. The zero-order valence-electron chi connectivity index (χ0n) is 20.3. The Hall–Kier alpha value is -4.66. The van der Waals surface area contributed by atoms with Gasteiger partial charge in [-0.3, -0.25) is 29.4 Å². The van der Waals surface area contributed by atoms with Gasteiger partial charge in [0.1, 0.15) is 0 Å². The lowest BCUT2D eigenvalue weighted by Crippen LogP contribution is -2.31. The number of benzene rings is 3. The number of ether oxygens (including phenoxy) is 1. The number of carbonyl (C=O) groups is 4. The summed E-state index contributed by atoms with van der Waals surface area (Å²) >= 11 is 0. The van der Waals surface area contributed by atoms with Crippen molar-refractivity contribution >= 4 is 34.9 Å². The van der Waals surface area contributed by atoms with Gasteiger partial charge in [0.05, 0.1) is 28.0 Å². The van der Waals surface area contributed by atoms with Crippen molar-refractivity contribution in [1.29, 1.82) is 0 Å². The standard InChI is InChI=1S/C29H24N2O7/c32-26(20-8-4-11-23(14-20)31(36)37)17-38-29(35)21-9-5-10-22(15-21)30-27(33)24-13-12-19(16-25(24)28(30)34)18-6-2-1-3-7-18/h1-11,14-15,19,24-25H,12-13,16-17H2/t19-,24-,25-/m1/s1. The quantitative estimate of drug-likeness (QED) is 0.148. The van der Waals surface area contributed by atoms with Crippen LogP contribution in [0.15, 0.2) is 78.9 Å². The number of nitrogens with zero attached hydrogens (tertiary/aromatic N) is 2. The Labute approximate surface area is 218 Å². The van der Waals surface area contributed by atoms with Crippen LogP contribution in [0, 0.1) is 22.0 Å². The number of carbonyl (C=O) groups excluding carboxylic acids is 4. The highest BCUT2D eigenvalue weighted by Crippen LogP contribution is 2.45. The van der Waals surface area contributed by atoms with E-state index in [-0.39, 0.29) is 46.2 Å². The molecule has 3 aromatic rings. The molecular formula is C29H24N2O7. The second-order valence-electron chi connectivity index (χ2n) is 9.50. The Morgan fingerprint density at radius 1 is 0.868 bits per heavy atom. The van der Waals surface area contributed by atoms with Crippen LogP contribution in [-0.2, 0) is 14.3 Å². The van der Waals surface area contributed by atoms with Gasteiger partial charge in [0, 0.05) is 17.7 Å². The molecule has 192 valence electrons. The average molecular weight is 513 g/mol. The molecule has 5 rings (SSSR count). The maximum atomic E-state index is 13.4. The Kier molecular flexibility index (Phi) is 6.83. The Morgan fingerprint density at radius 3 is 2.34 bits per heavy atom. The van der Waals surface area contributed by atoms with Gasteiger partial charge in [0.15, 0.2) is 6.61 Å². The van der Waals surface area contributed by atoms with Gasteiger partial charge in [0.2, 0.25) is 17.6 Å². The first kappa shape index (κ1) is 25.0. The Balaban J connectivity index is 1.27. The van der Waals surface area contributed by atoms with Gasteiger partial charge in [-0.2, -0.15) is 0 Å². The summed E-state index contributed by atoms with van der Waals surface area (Å²) in [6, 6.07) is 21.1. The fraction of sp³-hybridized carbons (Fsp3) is 0.241. The third kappa shape index (κ3) is 4.82. The molecule has 1 heterocycles. The molecule has 38 heavy (non-hydrogen) atoms. The molecule has 2 fully saturated rings. The highest BCUT2D eigenvalue weighted by Gasteiger charge is 2.50. The molecule has 0 N–H and O–H groups in total. The van der Waals surface area contributed by atoms with Crippen LogP contribution < -0.4 is 4.90 Å². The predicted molar refractivity (Wildman–Crippen MR) is 137 cm³/mol. The van der Waals surface area contributed by atoms with Crippen LogP contribution in [0.1, 0.15) is 51.5 Å². The van der Waals surface area contributed by atoms with Crippen LogP contribution in [0.2, 0.25) is 0 Å².